The molecule has 3 aromatic heterocycles. The van der Waals surface area contributed by atoms with Crippen LogP contribution in [0, 0.1) is 0 Å². The van der Waals surface area contributed by atoms with Crippen molar-refractivity contribution in [3.05, 3.63) is 193 Å². The number of rotatable bonds is 9. The van der Waals surface area contributed by atoms with E-state index in [1.165, 1.54) is 5.56 Å². The van der Waals surface area contributed by atoms with Crippen molar-refractivity contribution in [3.63, 3.8) is 0 Å². The van der Waals surface area contributed by atoms with Crippen LogP contribution in [-0.4, -0.2) is 33.8 Å². The zero-order valence-electron chi connectivity index (χ0n) is 30.0. The predicted octanol–water partition coefficient (Wildman–Crippen LogP) is 10.6. The summed E-state index contributed by atoms with van der Waals surface area (Å²) < 4.78 is 6.67. The summed E-state index contributed by atoms with van der Waals surface area (Å²) in [6, 6.07) is 59.9. The Morgan fingerprint density at radius 1 is 0.364 bits per heavy atom. The number of imidazole rings is 3. The van der Waals surface area contributed by atoms with Crippen molar-refractivity contribution in [2.24, 2.45) is 0 Å². The molecule has 0 spiro atoms. The van der Waals surface area contributed by atoms with Gasteiger partial charge in [0, 0.05) is 25.2 Å². The van der Waals surface area contributed by atoms with E-state index in [1.54, 1.807) is 0 Å². The molecule has 0 unspecified atom stereocenters. The summed E-state index contributed by atoms with van der Waals surface area (Å²) in [4.78, 5) is 15.7. The molecule has 0 amide bonds. The molecule has 7 nitrogen and oxygen atoms in total. The summed E-state index contributed by atoms with van der Waals surface area (Å²) in [5, 5.41) is 12.7. The zero-order valence-corrected chi connectivity index (χ0v) is 30.0. The SMILES string of the molecule is Oc1c(-c2nc3ccccc3n2Cc2ccccc2)cc(-c2nc3ccccc3n2Cc2ccccc2)cc1-c1nc2ccccc2n1Cc1ccccc1. The molecule has 3 heterocycles. The third-order valence-corrected chi connectivity index (χ3v) is 10.4. The molecular weight excluding hydrogens is 677 g/mol. The molecule has 10 aromatic rings. The molecule has 264 valence electrons. The van der Waals surface area contributed by atoms with Crippen LogP contribution in [0.4, 0.5) is 0 Å². The van der Waals surface area contributed by atoms with Crippen molar-refractivity contribution in [1.29, 1.82) is 0 Å². The van der Waals surface area contributed by atoms with E-state index < -0.39 is 0 Å². The van der Waals surface area contributed by atoms with E-state index >= 15 is 0 Å². The van der Waals surface area contributed by atoms with Crippen LogP contribution in [0.15, 0.2) is 176 Å². The van der Waals surface area contributed by atoms with Gasteiger partial charge in [-0.1, -0.05) is 127 Å². The standard InChI is InChI=1S/C48H36N6O/c55-45-37(47-50-40-23-11-14-26-43(40)53(47)31-34-18-6-2-7-19-34)28-36(46-49-39-22-10-13-25-42(39)52(46)30-33-16-4-1-5-17-33)29-38(45)48-51-41-24-12-15-27-44(41)54(48)32-35-20-8-3-9-21-35/h1-29,55H,30-32H2. The second kappa shape index (κ2) is 13.6. The fourth-order valence-electron chi connectivity index (χ4n) is 7.74. The second-order valence-electron chi connectivity index (χ2n) is 13.9. The molecule has 0 aliphatic heterocycles. The van der Waals surface area contributed by atoms with Gasteiger partial charge in [-0.2, -0.15) is 0 Å². The number of nitrogens with zero attached hydrogens (tertiary/aromatic N) is 6. The van der Waals surface area contributed by atoms with Crippen molar-refractivity contribution in [2.75, 3.05) is 0 Å². The molecule has 7 heteroatoms. The Balaban J connectivity index is 1.26. The van der Waals surface area contributed by atoms with Gasteiger partial charge in [0.25, 0.3) is 0 Å². The van der Waals surface area contributed by atoms with Crippen LogP contribution in [0.5, 0.6) is 5.75 Å². The first-order valence-electron chi connectivity index (χ1n) is 18.5. The fourth-order valence-corrected chi connectivity index (χ4v) is 7.74. The van der Waals surface area contributed by atoms with E-state index in [9.17, 15) is 5.11 Å². The Kier molecular flexibility index (Phi) is 8.03. The Morgan fingerprint density at radius 3 is 1.05 bits per heavy atom. The van der Waals surface area contributed by atoms with Gasteiger partial charge in [-0.3, -0.25) is 0 Å². The first kappa shape index (κ1) is 32.4. The van der Waals surface area contributed by atoms with Gasteiger partial charge in [-0.05, 0) is 65.2 Å². The van der Waals surface area contributed by atoms with Gasteiger partial charge < -0.3 is 18.8 Å². The highest BCUT2D eigenvalue weighted by Gasteiger charge is 2.25. The van der Waals surface area contributed by atoms with Crippen molar-refractivity contribution in [2.45, 2.75) is 19.6 Å². The third-order valence-electron chi connectivity index (χ3n) is 10.4. The average Bonchev–Trinajstić information content (AvgIpc) is 3.91. The van der Waals surface area contributed by atoms with Crippen LogP contribution < -0.4 is 0 Å². The number of fused-ring (bicyclic) bond motifs is 3. The molecule has 10 rings (SSSR count). The van der Waals surface area contributed by atoms with E-state index in [-0.39, 0.29) is 5.75 Å². The Hall–Kier alpha value is -7.25. The van der Waals surface area contributed by atoms with Crippen molar-refractivity contribution in [1.82, 2.24) is 28.7 Å². The largest absolute Gasteiger partial charge is 0.506 e. The van der Waals surface area contributed by atoms with Gasteiger partial charge in [0.2, 0.25) is 0 Å². The minimum Gasteiger partial charge on any atom is -0.506 e. The van der Waals surface area contributed by atoms with Gasteiger partial charge in [0.05, 0.1) is 44.2 Å². The van der Waals surface area contributed by atoms with Gasteiger partial charge in [-0.15, -0.1) is 0 Å². The third kappa shape index (κ3) is 5.92. The fraction of sp³-hybridized carbons (Fsp3) is 0.0625. The predicted molar refractivity (Wildman–Crippen MR) is 221 cm³/mol. The lowest BCUT2D eigenvalue weighted by atomic mass is 10.0. The summed E-state index contributed by atoms with van der Waals surface area (Å²) in [6.45, 7) is 1.78. The molecule has 1 N–H and O–H groups in total. The Morgan fingerprint density at radius 2 is 0.673 bits per heavy atom. The first-order chi connectivity index (χ1) is 27.2. The average molecular weight is 713 g/mol. The molecule has 0 bridgehead atoms. The maximum absolute atomic E-state index is 12.7. The number of phenols is 1. The lowest BCUT2D eigenvalue weighted by Crippen LogP contribution is -2.06. The monoisotopic (exact) mass is 712 g/mol. The number of benzene rings is 7. The van der Waals surface area contributed by atoms with Crippen LogP contribution in [0.1, 0.15) is 16.7 Å². The molecule has 0 saturated heterocycles. The minimum atomic E-state index is 0.115. The molecule has 0 atom stereocenters. The number of phenolic OH excluding ortho intramolecular Hbond substituents is 1. The van der Waals surface area contributed by atoms with Gasteiger partial charge >= 0.3 is 0 Å². The number of para-hydroxylation sites is 6. The van der Waals surface area contributed by atoms with Gasteiger partial charge in [0.15, 0.2) is 0 Å². The van der Waals surface area contributed by atoms with E-state index in [2.05, 4.69) is 129 Å². The Labute approximate surface area is 318 Å². The molecule has 55 heavy (non-hydrogen) atoms. The normalized spacial score (nSPS) is 11.6. The number of hydrogen-bond acceptors (Lipinski definition) is 4. The highest BCUT2D eigenvalue weighted by Crippen LogP contribution is 2.43. The van der Waals surface area contributed by atoms with Crippen LogP contribution >= 0.6 is 0 Å². The second-order valence-corrected chi connectivity index (χ2v) is 13.9. The van der Waals surface area contributed by atoms with E-state index in [1.807, 2.05) is 60.7 Å². The van der Waals surface area contributed by atoms with Crippen LogP contribution in [0.25, 0.3) is 67.3 Å². The Bertz CT molecular complexity index is 2820. The summed E-state index contributed by atoms with van der Waals surface area (Å²) in [5.74, 6) is 2.25. The van der Waals surface area contributed by atoms with E-state index in [4.69, 9.17) is 15.0 Å². The maximum Gasteiger partial charge on any atom is 0.145 e. The van der Waals surface area contributed by atoms with E-state index in [0.29, 0.717) is 42.4 Å². The minimum absolute atomic E-state index is 0.115. The molecular formula is C48H36N6O. The quantitative estimate of drug-likeness (QED) is 0.162. The first-order valence-corrected chi connectivity index (χ1v) is 18.5. The molecule has 0 saturated carbocycles. The molecule has 0 radical (unpaired) electrons. The van der Waals surface area contributed by atoms with E-state index in [0.717, 1.165) is 55.6 Å². The van der Waals surface area contributed by atoms with Crippen molar-refractivity contribution in [3.8, 4) is 39.9 Å². The summed E-state index contributed by atoms with van der Waals surface area (Å²) >= 11 is 0. The van der Waals surface area contributed by atoms with Gasteiger partial charge in [-0.25, -0.2) is 15.0 Å². The maximum atomic E-state index is 12.7. The van der Waals surface area contributed by atoms with Crippen LogP contribution in [-0.2, 0) is 19.6 Å². The highest BCUT2D eigenvalue weighted by molar-refractivity contribution is 5.91. The summed E-state index contributed by atoms with van der Waals surface area (Å²) in [7, 11) is 0. The molecule has 0 aliphatic rings. The highest BCUT2D eigenvalue weighted by atomic mass is 16.3. The summed E-state index contributed by atoms with van der Waals surface area (Å²) in [5.41, 5.74) is 11.1. The van der Waals surface area contributed by atoms with Gasteiger partial charge in [0.1, 0.15) is 23.2 Å². The van der Waals surface area contributed by atoms with Crippen LogP contribution in [0.2, 0.25) is 0 Å². The lowest BCUT2D eigenvalue weighted by molar-refractivity contribution is 0.477. The molecule has 0 fully saturated rings. The molecule has 7 aromatic carbocycles. The van der Waals surface area contributed by atoms with Crippen molar-refractivity contribution >= 4 is 33.1 Å². The lowest BCUT2D eigenvalue weighted by Gasteiger charge is -2.17. The smallest absolute Gasteiger partial charge is 0.145 e. The zero-order chi connectivity index (χ0) is 36.7. The van der Waals surface area contributed by atoms with Crippen LogP contribution in [0.3, 0.4) is 0 Å². The number of aromatic nitrogens is 6. The molecule has 0 aliphatic carbocycles. The number of hydrogen-bond donors (Lipinski definition) is 1. The number of aromatic hydroxyl groups is 1. The summed E-state index contributed by atoms with van der Waals surface area (Å²) in [6.07, 6.45) is 0. The topological polar surface area (TPSA) is 73.7 Å². The van der Waals surface area contributed by atoms with Crippen molar-refractivity contribution < 1.29 is 5.11 Å².